The maximum absolute atomic E-state index is 12.9. The highest BCUT2D eigenvalue weighted by Gasteiger charge is 2.22. The van der Waals surface area contributed by atoms with Crippen molar-refractivity contribution < 1.29 is 19.4 Å². The molecule has 1 atom stereocenters. The van der Waals surface area contributed by atoms with E-state index in [1.807, 2.05) is 56.0 Å². The van der Waals surface area contributed by atoms with Crippen LogP contribution < -0.4 is 5.56 Å². The Hall–Kier alpha value is -2.59. The number of ether oxygens (including phenoxy) is 2. The van der Waals surface area contributed by atoms with Crippen LogP contribution in [0.25, 0.3) is 10.2 Å². The number of H-pyrrole nitrogens is 1. The summed E-state index contributed by atoms with van der Waals surface area (Å²) in [5, 5.41) is 11.0. The first-order valence-corrected chi connectivity index (χ1v) is 12.6. The van der Waals surface area contributed by atoms with Crippen LogP contribution in [-0.4, -0.2) is 56.9 Å². The predicted molar refractivity (Wildman–Crippen MR) is 138 cm³/mol. The van der Waals surface area contributed by atoms with Gasteiger partial charge in [0, 0.05) is 13.1 Å². The standard InChI is InChI=1S/C26H35N3O5S/c1-16(2)34-25(32)22-17(3)21-23(31)27-20(28-24(21)35-22)14-29(12-18-10-8-7-9-11-18)13-19(30)15-33-26(4,5)6/h7-11,16,19,30H,12-15H2,1-6H3,(H,27,28,31)/t19-/m0/s1. The summed E-state index contributed by atoms with van der Waals surface area (Å²) in [5.74, 6) is 0.0153. The molecule has 0 amide bonds. The SMILES string of the molecule is Cc1c(C(=O)OC(C)C)sc2nc(CN(Cc3ccccc3)C[C@H](O)COC(C)(C)C)[nH]c(=O)c12. The lowest BCUT2D eigenvalue weighted by Crippen LogP contribution is -2.37. The van der Waals surface area contributed by atoms with Crippen molar-refractivity contribution in [2.75, 3.05) is 13.2 Å². The van der Waals surface area contributed by atoms with Gasteiger partial charge >= 0.3 is 5.97 Å². The molecule has 2 heterocycles. The second-order valence-corrected chi connectivity index (χ2v) is 10.9. The molecule has 0 bridgehead atoms. The van der Waals surface area contributed by atoms with E-state index in [4.69, 9.17) is 9.47 Å². The number of aliphatic hydroxyl groups is 1. The highest BCUT2D eigenvalue weighted by molar-refractivity contribution is 7.20. The molecule has 0 radical (unpaired) electrons. The number of aromatic amines is 1. The Morgan fingerprint density at radius 3 is 2.51 bits per heavy atom. The van der Waals surface area contributed by atoms with E-state index in [0.717, 1.165) is 16.9 Å². The van der Waals surface area contributed by atoms with E-state index in [1.54, 1.807) is 20.8 Å². The van der Waals surface area contributed by atoms with Crippen LogP contribution in [0.3, 0.4) is 0 Å². The molecule has 0 spiro atoms. The molecule has 2 N–H and O–H groups in total. The third-order valence-electron chi connectivity index (χ3n) is 5.18. The molecule has 3 aromatic rings. The van der Waals surface area contributed by atoms with Crippen molar-refractivity contribution in [2.24, 2.45) is 0 Å². The molecule has 0 aliphatic heterocycles. The topological polar surface area (TPSA) is 105 Å². The van der Waals surface area contributed by atoms with Gasteiger partial charge in [0.1, 0.15) is 15.5 Å². The zero-order chi connectivity index (χ0) is 25.8. The minimum absolute atomic E-state index is 0.198. The number of aliphatic hydroxyl groups excluding tert-OH is 1. The molecule has 3 rings (SSSR count). The van der Waals surface area contributed by atoms with Crippen LogP contribution in [-0.2, 0) is 22.6 Å². The maximum atomic E-state index is 12.9. The van der Waals surface area contributed by atoms with E-state index in [0.29, 0.717) is 46.1 Å². The summed E-state index contributed by atoms with van der Waals surface area (Å²) in [6.45, 7) is 12.5. The van der Waals surface area contributed by atoms with E-state index in [9.17, 15) is 14.7 Å². The number of carbonyl (C=O) groups excluding carboxylic acids is 1. The third-order valence-corrected chi connectivity index (χ3v) is 6.34. The lowest BCUT2D eigenvalue weighted by Gasteiger charge is -2.27. The van der Waals surface area contributed by atoms with Crippen LogP contribution in [0.4, 0.5) is 0 Å². The minimum Gasteiger partial charge on any atom is -0.459 e. The summed E-state index contributed by atoms with van der Waals surface area (Å²) < 4.78 is 11.1. The summed E-state index contributed by atoms with van der Waals surface area (Å²) in [7, 11) is 0. The zero-order valence-corrected chi connectivity index (χ0v) is 22.1. The third kappa shape index (κ3) is 7.70. The Balaban J connectivity index is 1.86. The number of rotatable bonds is 10. The number of fused-ring (bicyclic) bond motifs is 1. The van der Waals surface area contributed by atoms with E-state index >= 15 is 0 Å². The quantitative estimate of drug-likeness (QED) is 0.404. The average Bonchev–Trinajstić information content (AvgIpc) is 3.09. The molecule has 0 aliphatic carbocycles. The molecule has 0 unspecified atom stereocenters. The molecule has 35 heavy (non-hydrogen) atoms. The second-order valence-electron chi connectivity index (χ2n) is 9.94. The lowest BCUT2D eigenvalue weighted by molar-refractivity contribution is -0.0574. The number of hydrogen-bond donors (Lipinski definition) is 2. The Labute approximate surface area is 209 Å². The highest BCUT2D eigenvalue weighted by Crippen LogP contribution is 2.28. The van der Waals surface area contributed by atoms with Crippen molar-refractivity contribution in [1.82, 2.24) is 14.9 Å². The van der Waals surface area contributed by atoms with Crippen molar-refractivity contribution >= 4 is 27.5 Å². The lowest BCUT2D eigenvalue weighted by atomic mass is 10.2. The van der Waals surface area contributed by atoms with Gasteiger partial charge in [0.2, 0.25) is 0 Å². The molecular formula is C26H35N3O5S. The molecule has 8 nitrogen and oxygen atoms in total. The smallest absolute Gasteiger partial charge is 0.348 e. The number of esters is 1. The summed E-state index contributed by atoms with van der Waals surface area (Å²) in [5.41, 5.74) is 1.00. The van der Waals surface area contributed by atoms with Crippen molar-refractivity contribution in [3.8, 4) is 0 Å². The fourth-order valence-corrected chi connectivity index (χ4v) is 4.74. The fraction of sp³-hybridized carbons (Fsp3) is 0.500. The van der Waals surface area contributed by atoms with Crippen LogP contribution in [0, 0.1) is 6.92 Å². The number of carbonyl (C=O) groups is 1. The van der Waals surface area contributed by atoms with Crippen LogP contribution in [0.5, 0.6) is 0 Å². The largest absolute Gasteiger partial charge is 0.459 e. The van der Waals surface area contributed by atoms with Crippen molar-refractivity contribution in [3.05, 3.63) is 62.5 Å². The number of nitrogens with zero attached hydrogens (tertiary/aromatic N) is 2. The first-order chi connectivity index (χ1) is 16.4. The first kappa shape index (κ1) is 27.0. The van der Waals surface area contributed by atoms with Gasteiger partial charge in [-0.25, -0.2) is 9.78 Å². The molecular weight excluding hydrogens is 466 g/mol. The van der Waals surface area contributed by atoms with Gasteiger partial charge in [-0.3, -0.25) is 9.69 Å². The van der Waals surface area contributed by atoms with Gasteiger partial charge in [-0.15, -0.1) is 11.3 Å². The Morgan fingerprint density at radius 2 is 1.89 bits per heavy atom. The molecule has 2 aromatic heterocycles. The summed E-state index contributed by atoms with van der Waals surface area (Å²) in [4.78, 5) is 35.8. The molecule has 1 aromatic carbocycles. The fourth-order valence-electron chi connectivity index (χ4n) is 3.66. The van der Waals surface area contributed by atoms with Gasteiger partial charge in [-0.2, -0.15) is 0 Å². The van der Waals surface area contributed by atoms with Crippen LogP contribution >= 0.6 is 11.3 Å². The van der Waals surface area contributed by atoms with Crippen LogP contribution in [0.2, 0.25) is 0 Å². The first-order valence-electron chi connectivity index (χ1n) is 11.7. The van der Waals surface area contributed by atoms with Gasteiger partial charge in [-0.05, 0) is 52.7 Å². The van der Waals surface area contributed by atoms with E-state index in [2.05, 4.69) is 9.97 Å². The number of thiophene rings is 1. The summed E-state index contributed by atoms with van der Waals surface area (Å²) in [6.07, 6.45) is -0.969. The Kier molecular flexibility index (Phi) is 8.82. The van der Waals surface area contributed by atoms with Crippen LogP contribution in [0.15, 0.2) is 35.1 Å². The number of aromatic nitrogens is 2. The van der Waals surface area contributed by atoms with Crippen molar-refractivity contribution in [3.63, 3.8) is 0 Å². The number of nitrogens with one attached hydrogen (secondary N) is 1. The maximum Gasteiger partial charge on any atom is 0.348 e. The Morgan fingerprint density at radius 1 is 1.20 bits per heavy atom. The second kappa shape index (κ2) is 11.4. The normalized spacial score (nSPS) is 13.1. The molecule has 0 fully saturated rings. The average molecular weight is 502 g/mol. The number of aryl methyl sites for hydroxylation is 1. The molecule has 9 heteroatoms. The van der Waals surface area contributed by atoms with Gasteiger partial charge < -0.3 is 19.6 Å². The van der Waals surface area contributed by atoms with Gasteiger partial charge in [0.05, 0.1) is 36.3 Å². The van der Waals surface area contributed by atoms with E-state index < -0.39 is 12.1 Å². The Bertz CT molecular complexity index is 1200. The highest BCUT2D eigenvalue weighted by atomic mass is 32.1. The molecule has 0 saturated heterocycles. The molecule has 0 saturated carbocycles. The van der Waals surface area contributed by atoms with Gasteiger partial charge in [0.25, 0.3) is 5.56 Å². The predicted octanol–water partition coefficient (Wildman–Crippen LogP) is 4.04. The summed E-state index contributed by atoms with van der Waals surface area (Å²) in [6, 6.07) is 9.91. The zero-order valence-electron chi connectivity index (χ0n) is 21.3. The number of benzene rings is 1. The minimum atomic E-state index is -0.713. The van der Waals surface area contributed by atoms with E-state index in [-0.39, 0.29) is 23.9 Å². The number of hydrogen-bond acceptors (Lipinski definition) is 8. The van der Waals surface area contributed by atoms with E-state index in [1.165, 1.54) is 0 Å². The van der Waals surface area contributed by atoms with Gasteiger partial charge in [-0.1, -0.05) is 30.3 Å². The summed E-state index contributed by atoms with van der Waals surface area (Å²) >= 11 is 1.16. The molecule has 0 aliphatic rings. The van der Waals surface area contributed by atoms with Crippen molar-refractivity contribution in [1.29, 1.82) is 0 Å². The van der Waals surface area contributed by atoms with Gasteiger partial charge in [0.15, 0.2) is 0 Å². The molecule has 190 valence electrons. The van der Waals surface area contributed by atoms with Crippen molar-refractivity contribution in [2.45, 2.75) is 72.4 Å². The van der Waals surface area contributed by atoms with Crippen LogP contribution in [0.1, 0.15) is 61.2 Å². The monoisotopic (exact) mass is 501 g/mol.